The molecule has 23 heavy (non-hydrogen) atoms. The van der Waals surface area contributed by atoms with E-state index in [-0.39, 0.29) is 18.6 Å². The summed E-state index contributed by atoms with van der Waals surface area (Å²) < 4.78 is 0. The Morgan fingerprint density at radius 1 is 1.48 bits per heavy atom. The van der Waals surface area contributed by atoms with Gasteiger partial charge in [0.1, 0.15) is 9.88 Å². The Morgan fingerprint density at radius 3 is 2.87 bits per heavy atom. The Morgan fingerprint density at radius 2 is 2.22 bits per heavy atom. The quantitative estimate of drug-likeness (QED) is 0.781. The largest absolute Gasteiger partial charge is 0.394 e. The van der Waals surface area contributed by atoms with Crippen molar-refractivity contribution in [2.24, 2.45) is 0 Å². The predicted molar refractivity (Wildman–Crippen MR) is 98.6 cm³/mol. The fourth-order valence-electron chi connectivity index (χ4n) is 2.08. The number of carbonyl (C=O) groups is 1. The maximum Gasteiger partial charge on any atom is 0.263 e. The number of halogens is 1. The first kappa shape index (κ1) is 18.3. The molecule has 0 aliphatic heterocycles. The molecule has 1 amide bonds. The van der Waals surface area contributed by atoms with Crippen LogP contribution in [0.4, 0.5) is 0 Å². The minimum absolute atomic E-state index is 0.0679. The summed E-state index contributed by atoms with van der Waals surface area (Å²) >= 11 is 9.20. The Hall–Kier alpha value is -1.08. The van der Waals surface area contributed by atoms with Crippen LogP contribution in [-0.2, 0) is 0 Å². The van der Waals surface area contributed by atoms with Gasteiger partial charge in [0.2, 0.25) is 0 Å². The summed E-state index contributed by atoms with van der Waals surface area (Å²) in [5.41, 5.74) is 1.49. The number of nitrogens with one attached hydrogen (secondary N) is 1. The first-order valence-corrected chi connectivity index (χ1v) is 9.78. The first-order chi connectivity index (χ1) is 11.1. The van der Waals surface area contributed by atoms with E-state index in [9.17, 15) is 9.90 Å². The number of aromatic nitrogens is 1. The lowest BCUT2D eigenvalue weighted by molar-refractivity contribution is 0.0918. The van der Waals surface area contributed by atoms with Crippen LogP contribution in [0.3, 0.4) is 0 Å². The highest BCUT2D eigenvalue weighted by Crippen LogP contribution is 2.32. The second-order valence-corrected chi connectivity index (χ2v) is 7.44. The Labute approximate surface area is 149 Å². The third-order valence-electron chi connectivity index (χ3n) is 3.33. The summed E-state index contributed by atoms with van der Waals surface area (Å²) in [7, 11) is 0. The SMILES string of the molecule is CSCC[C@H](CO)NC(=O)c1sc(-c2ccccc2Cl)nc1C. The number of carbonyl (C=O) groups excluding carboxylic acids is 1. The van der Waals surface area contributed by atoms with Gasteiger partial charge in [0, 0.05) is 5.56 Å². The molecule has 0 bridgehead atoms. The topological polar surface area (TPSA) is 62.2 Å². The van der Waals surface area contributed by atoms with Gasteiger partial charge in [-0.25, -0.2) is 4.98 Å². The van der Waals surface area contributed by atoms with Gasteiger partial charge >= 0.3 is 0 Å². The maximum atomic E-state index is 12.4. The van der Waals surface area contributed by atoms with Crippen molar-refractivity contribution in [2.75, 3.05) is 18.6 Å². The summed E-state index contributed by atoms with van der Waals surface area (Å²) in [5.74, 6) is 0.691. The second-order valence-electron chi connectivity index (χ2n) is 5.05. The van der Waals surface area contributed by atoms with Crippen molar-refractivity contribution < 1.29 is 9.90 Å². The molecule has 4 nitrogen and oxygen atoms in total. The van der Waals surface area contributed by atoms with Crippen LogP contribution in [0.5, 0.6) is 0 Å². The molecule has 0 unspecified atom stereocenters. The number of benzene rings is 1. The van der Waals surface area contributed by atoms with Gasteiger partial charge in [-0.2, -0.15) is 11.8 Å². The zero-order chi connectivity index (χ0) is 16.8. The zero-order valence-corrected chi connectivity index (χ0v) is 15.4. The van der Waals surface area contributed by atoms with Crippen LogP contribution in [0.25, 0.3) is 10.6 Å². The Bertz CT molecular complexity index is 676. The highest BCUT2D eigenvalue weighted by molar-refractivity contribution is 7.98. The highest BCUT2D eigenvalue weighted by atomic mass is 35.5. The molecule has 124 valence electrons. The van der Waals surface area contributed by atoms with E-state index in [0.717, 1.165) is 22.7 Å². The number of amides is 1. The molecule has 1 atom stereocenters. The molecule has 0 saturated heterocycles. The lowest BCUT2D eigenvalue weighted by Crippen LogP contribution is -2.37. The number of hydrogen-bond donors (Lipinski definition) is 2. The third kappa shape index (κ3) is 4.70. The van der Waals surface area contributed by atoms with E-state index >= 15 is 0 Å². The van der Waals surface area contributed by atoms with E-state index in [2.05, 4.69) is 10.3 Å². The van der Waals surface area contributed by atoms with Crippen LogP contribution in [0, 0.1) is 6.92 Å². The molecule has 0 fully saturated rings. The van der Waals surface area contributed by atoms with Crippen LogP contribution >= 0.6 is 34.7 Å². The molecule has 2 rings (SSSR count). The minimum atomic E-state index is -0.236. The maximum absolute atomic E-state index is 12.4. The van der Waals surface area contributed by atoms with Crippen molar-refractivity contribution >= 4 is 40.6 Å². The van der Waals surface area contributed by atoms with Crippen molar-refractivity contribution in [1.29, 1.82) is 0 Å². The lowest BCUT2D eigenvalue weighted by atomic mass is 10.2. The van der Waals surface area contributed by atoms with Crippen molar-refractivity contribution in [2.45, 2.75) is 19.4 Å². The van der Waals surface area contributed by atoms with Crippen LogP contribution in [0.1, 0.15) is 21.8 Å². The number of aliphatic hydroxyl groups excluding tert-OH is 1. The normalized spacial score (nSPS) is 12.2. The number of aliphatic hydroxyl groups is 1. The first-order valence-electron chi connectivity index (χ1n) is 7.19. The van der Waals surface area contributed by atoms with Gasteiger partial charge in [-0.1, -0.05) is 29.8 Å². The van der Waals surface area contributed by atoms with Gasteiger partial charge in [-0.3, -0.25) is 4.79 Å². The van der Waals surface area contributed by atoms with E-state index < -0.39 is 0 Å². The van der Waals surface area contributed by atoms with Crippen molar-refractivity contribution in [3.05, 3.63) is 39.9 Å². The van der Waals surface area contributed by atoms with E-state index in [1.54, 1.807) is 17.8 Å². The van der Waals surface area contributed by atoms with Crippen LogP contribution in [-0.4, -0.2) is 40.7 Å². The average Bonchev–Trinajstić information content (AvgIpc) is 2.93. The number of hydrogen-bond acceptors (Lipinski definition) is 5. The van der Waals surface area contributed by atoms with Gasteiger partial charge in [0.05, 0.1) is 23.4 Å². The van der Waals surface area contributed by atoms with Gasteiger partial charge in [0.15, 0.2) is 0 Å². The van der Waals surface area contributed by atoms with Gasteiger partial charge in [-0.15, -0.1) is 11.3 Å². The monoisotopic (exact) mass is 370 g/mol. The predicted octanol–water partition coefficient (Wildman–Crippen LogP) is 3.62. The summed E-state index contributed by atoms with van der Waals surface area (Å²) in [5, 5.41) is 13.6. The van der Waals surface area contributed by atoms with Gasteiger partial charge < -0.3 is 10.4 Å². The molecule has 0 radical (unpaired) electrons. The average molecular weight is 371 g/mol. The van der Waals surface area contributed by atoms with E-state index in [1.165, 1.54) is 11.3 Å². The van der Waals surface area contributed by atoms with Crippen LogP contribution in [0.2, 0.25) is 5.02 Å². The molecule has 0 aliphatic carbocycles. The molecular formula is C16H19ClN2O2S2. The van der Waals surface area contributed by atoms with E-state index in [4.69, 9.17) is 11.6 Å². The highest BCUT2D eigenvalue weighted by Gasteiger charge is 2.19. The fraction of sp³-hybridized carbons (Fsp3) is 0.375. The van der Waals surface area contributed by atoms with Gasteiger partial charge in [0.25, 0.3) is 5.91 Å². The van der Waals surface area contributed by atoms with Crippen molar-refractivity contribution in [3.63, 3.8) is 0 Å². The molecule has 2 aromatic rings. The van der Waals surface area contributed by atoms with Gasteiger partial charge in [-0.05, 0) is 31.4 Å². The molecule has 0 spiro atoms. The summed E-state index contributed by atoms with van der Waals surface area (Å²) in [6.45, 7) is 1.74. The summed E-state index contributed by atoms with van der Waals surface area (Å²) in [6, 6.07) is 7.20. The third-order valence-corrected chi connectivity index (χ3v) is 5.50. The second kappa shape index (κ2) is 8.68. The standard InChI is InChI=1S/C16H19ClN2O2S2/c1-10-14(15(21)19-11(9-20)7-8-22-2)23-16(18-10)12-5-3-4-6-13(12)17/h3-6,11,20H,7-9H2,1-2H3,(H,19,21)/t11-/m1/s1. The zero-order valence-electron chi connectivity index (χ0n) is 13.0. The molecule has 7 heteroatoms. The summed E-state index contributed by atoms with van der Waals surface area (Å²) in [4.78, 5) is 17.5. The number of thiazole rings is 1. The molecule has 0 aliphatic rings. The molecule has 2 N–H and O–H groups in total. The number of nitrogens with zero attached hydrogens (tertiary/aromatic N) is 1. The number of thioether (sulfide) groups is 1. The molecule has 1 aromatic carbocycles. The molecule has 0 saturated carbocycles. The Kier molecular flexibility index (Phi) is 6.89. The van der Waals surface area contributed by atoms with Crippen molar-refractivity contribution in [3.8, 4) is 10.6 Å². The summed E-state index contributed by atoms with van der Waals surface area (Å²) in [6.07, 6.45) is 2.73. The smallest absolute Gasteiger partial charge is 0.263 e. The minimum Gasteiger partial charge on any atom is -0.394 e. The fourth-order valence-corrected chi connectivity index (χ4v) is 3.89. The van der Waals surface area contributed by atoms with E-state index in [1.807, 2.05) is 31.4 Å². The molecule has 1 heterocycles. The Balaban J connectivity index is 2.17. The van der Waals surface area contributed by atoms with Crippen LogP contribution < -0.4 is 5.32 Å². The molecule has 1 aromatic heterocycles. The van der Waals surface area contributed by atoms with Crippen molar-refractivity contribution in [1.82, 2.24) is 10.3 Å². The van der Waals surface area contributed by atoms with E-state index in [0.29, 0.717) is 15.6 Å². The number of aryl methyl sites for hydroxylation is 1. The lowest BCUT2D eigenvalue weighted by Gasteiger charge is -2.15. The molecular weight excluding hydrogens is 352 g/mol. The number of rotatable bonds is 7. The van der Waals surface area contributed by atoms with Crippen LogP contribution in [0.15, 0.2) is 24.3 Å².